The fraction of sp³-hybridized carbons (Fsp3) is 0.462. The average molecular weight is 441 g/mol. The van der Waals surface area contributed by atoms with E-state index in [0.29, 0.717) is 5.82 Å². The lowest BCUT2D eigenvalue weighted by Crippen LogP contribution is -2.30. The molecule has 0 saturated heterocycles. The van der Waals surface area contributed by atoms with E-state index >= 15 is 0 Å². The summed E-state index contributed by atoms with van der Waals surface area (Å²) in [5, 5.41) is 13.9. The Balaban J connectivity index is 1.42. The van der Waals surface area contributed by atoms with Crippen LogP contribution >= 0.6 is 0 Å². The number of carboxylic acids is 1. The standard InChI is InChI=1S/C26H30BN4O2/c32-26(33)17-11-13-22(28-15-17)24-20-9-3-1-2-4-10-21(20)25(31-30-24)23-14-12-19(16-29-23)27-18-7-5-6-8-18/h11-16,18,20,31H,1-10H2,(H,32,33). The highest BCUT2D eigenvalue weighted by atomic mass is 16.4. The third kappa shape index (κ3) is 4.87. The Hall–Kier alpha value is -2.96. The lowest BCUT2D eigenvalue weighted by atomic mass is 9.59. The lowest BCUT2D eigenvalue weighted by Gasteiger charge is -2.30. The van der Waals surface area contributed by atoms with Crippen molar-refractivity contribution >= 4 is 30.1 Å². The summed E-state index contributed by atoms with van der Waals surface area (Å²) in [6, 6.07) is 7.68. The molecule has 0 amide bonds. The van der Waals surface area contributed by atoms with Crippen molar-refractivity contribution in [3.05, 3.63) is 59.2 Å². The minimum absolute atomic E-state index is 0.177. The van der Waals surface area contributed by atoms with Crippen molar-refractivity contribution in [1.82, 2.24) is 15.4 Å². The highest BCUT2D eigenvalue weighted by Crippen LogP contribution is 2.36. The van der Waals surface area contributed by atoms with Crippen LogP contribution in [-0.4, -0.2) is 34.0 Å². The van der Waals surface area contributed by atoms with Crippen molar-refractivity contribution in [3.63, 3.8) is 0 Å². The number of hydrazone groups is 1. The molecular weight excluding hydrogens is 411 g/mol. The number of aromatic carboxylic acids is 1. The van der Waals surface area contributed by atoms with Gasteiger partial charge in [-0.1, -0.05) is 62.3 Å². The minimum Gasteiger partial charge on any atom is -0.478 e. The molecule has 33 heavy (non-hydrogen) atoms. The van der Waals surface area contributed by atoms with Gasteiger partial charge in [0.15, 0.2) is 7.28 Å². The van der Waals surface area contributed by atoms with Crippen LogP contribution < -0.4 is 10.9 Å². The summed E-state index contributed by atoms with van der Waals surface area (Å²) < 4.78 is 0. The van der Waals surface area contributed by atoms with Gasteiger partial charge in [0.05, 0.1) is 28.4 Å². The number of carbonyl (C=O) groups is 1. The summed E-state index contributed by atoms with van der Waals surface area (Å²) in [6.07, 6.45) is 15.5. The van der Waals surface area contributed by atoms with Crippen molar-refractivity contribution in [2.24, 2.45) is 11.0 Å². The number of hydrogen-bond donors (Lipinski definition) is 2. The van der Waals surface area contributed by atoms with Gasteiger partial charge in [-0.05, 0) is 43.0 Å². The van der Waals surface area contributed by atoms with Gasteiger partial charge >= 0.3 is 5.97 Å². The summed E-state index contributed by atoms with van der Waals surface area (Å²) in [5.74, 6) is -0.0998. The van der Waals surface area contributed by atoms with Crippen LogP contribution in [0.1, 0.15) is 86.0 Å². The van der Waals surface area contributed by atoms with E-state index in [0.717, 1.165) is 48.5 Å². The highest BCUT2D eigenvalue weighted by molar-refractivity contribution is 6.54. The maximum Gasteiger partial charge on any atom is 0.337 e. The molecule has 2 aromatic heterocycles. The zero-order valence-electron chi connectivity index (χ0n) is 19.0. The SMILES string of the molecule is O=C(O)c1ccc(C2=NNC(c3ccc([B]C4CCCC4)cn3)=C3CCCCCCC23)nc1. The predicted molar refractivity (Wildman–Crippen MR) is 131 cm³/mol. The number of aromatic nitrogens is 2. The maximum atomic E-state index is 11.2. The molecule has 2 N–H and O–H groups in total. The first-order chi connectivity index (χ1) is 16.2. The molecule has 3 aliphatic rings. The second kappa shape index (κ2) is 9.90. The van der Waals surface area contributed by atoms with E-state index in [1.54, 1.807) is 12.1 Å². The molecule has 3 heterocycles. The van der Waals surface area contributed by atoms with Crippen molar-refractivity contribution in [2.45, 2.75) is 70.0 Å². The smallest absolute Gasteiger partial charge is 0.337 e. The molecule has 2 aliphatic carbocycles. The lowest BCUT2D eigenvalue weighted by molar-refractivity contribution is 0.0696. The second-order valence-corrected chi connectivity index (χ2v) is 9.44. The topological polar surface area (TPSA) is 87.5 Å². The Kier molecular flexibility index (Phi) is 6.56. The zero-order valence-corrected chi connectivity index (χ0v) is 19.0. The van der Waals surface area contributed by atoms with Gasteiger partial charge < -0.3 is 5.11 Å². The van der Waals surface area contributed by atoms with E-state index in [1.807, 2.05) is 6.20 Å². The van der Waals surface area contributed by atoms with Crippen LogP contribution in [0.25, 0.3) is 5.70 Å². The molecule has 2 aromatic rings. The minimum atomic E-state index is -0.966. The van der Waals surface area contributed by atoms with E-state index in [9.17, 15) is 9.90 Å². The van der Waals surface area contributed by atoms with E-state index in [1.165, 1.54) is 55.8 Å². The second-order valence-electron chi connectivity index (χ2n) is 9.44. The van der Waals surface area contributed by atoms with Crippen molar-refractivity contribution in [1.29, 1.82) is 0 Å². The molecule has 1 unspecified atom stereocenters. The third-order valence-electron chi connectivity index (χ3n) is 7.19. The van der Waals surface area contributed by atoms with Gasteiger partial charge in [0.1, 0.15) is 0 Å². The molecule has 2 saturated carbocycles. The number of allylic oxidation sites excluding steroid dienone is 1. The van der Waals surface area contributed by atoms with Gasteiger partial charge in [-0.15, -0.1) is 0 Å². The summed E-state index contributed by atoms with van der Waals surface area (Å²) in [4.78, 5) is 20.5. The summed E-state index contributed by atoms with van der Waals surface area (Å²) in [7, 11) is 2.37. The molecule has 2 fully saturated rings. The van der Waals surface area contributed by atoms with Gasteiger partial charge in [-0.25, -0.2) is 4.79 Å². The molecule has 0 bridgehead atoms. The Bertz CT molecular complexity index is 1060. The molecular formula is C26H30BN4O2. The van der Waals surface area contributed by atoms with Gasteiger partial charge in [-0.3, -0.25) is 15.4 Å². The Morgan fingerprint density at radius 2 is 1.67 bits per heavy atom. The van der Waals surface area contributed by atoms with Gasteiger partial charge in [0, 0.05) is 18.3 Å². The molecule has 169 valence electrons. The molecule has 0 aromatic carbocycles. The van der Waals surface area contributed by atoms with Crippen LogP contribution in [-0.2, 0) is 0 Å². The molecule has 6 nitrogen and oxygen atoms in total. The fourth-order valence-corrected chi connectivity index (χ4v) is 5.41. The van der Waals surface area contributed by atoms with Crippen molar-refractivity contribution < 1.29 is 9.90 Å². The van der Waals surface area contributed by atoms with Crippen LogP contribution in [0.2, 0.25) is 5.82 Å². The number of fused-ring (bicyclic) bond motifs is 1. The van der Waals surface area contributed by atoms with Crippen LogP contribution in [0.15, 0.2) is 47.3 Å². The highest BCUT2D eigenvalue weighted by Gasteiger charge is 2.31. The molecule has 7 heteroatoms. The summed E-state index contributed by atoms with van der Waals surface area (Å²) in [6.45, 7) is 0. The first-order valence-electron chi connectivity index (χ1n) is 12.3. The number of nitrogens with one attached hydrogen (secondary N) is 1. The molecule has 5 rings (SSSR count). The Morgan fingerprint density at radius 1 is 0.909 bits per heavy atom. The van der Waals surface area contributed by atoms with Gasteiger partial charge in [0.25, 0.3) is 0 Å². The molecule has 1 atom stereocenters. The van der Waals surface area contributed by atoms with Crippen LogP contribution in [0.5, 0.6) is 0 Å². The first-order valence-corrected chi connectivity index (χ1v) is 12.3. The van der Waals surface area contributed by atoms with Crippen LogP contribution in [0.3, 0.4) is 0 Å². The molecule has 1 radical (unpaired) electrons. The van der Waals surface area contributed by atoms with E-state index in [-0.39, 0.29) is 11.5 Å². The van der Waals surface area contributed by atoms with E-state index in [2.05, 4.69) is 29.8 Å². The first kappa shape index (κ1) is 21.9. The van der Waals surface area contributed by atoms with Crippen LogP contribution in [0, 0.1) is 5.92 Å². The molecule has 1 aliphatic heterocycles. The average Bonchev–Trinajstić information content (AvgIpc) is 3.33. The summed E-state index contributed by atoms with van der Waals surface area (Å²) >= 11 is 0. The number of nitrogens with zero attached hydrogens (tertiary/aromatic N) is 3. The van der Waals surface area contributed by atoms with Crippen molar-refractivity contribution in [2.75, 3.05) is 0 Å². The van der Waals surface area contributed by atoms with Gasteiger partial charge in [-0.2, -0.15) is 5.10 Å². The molecule has 0 spiro atoms. The van der Waals surface area contributed by atoms with Crippen molar-refractivity contribution in [3.8, 4) is 0 Å². The van der Waals surface area contributed by atoms with Gasteiger partial charge in [0.2, 0.25) is 0 Å². The summed E-state index contributed by atoms with van der Waals surface area (Å²) in [5.41, 5.74) is 9.65. The number of hydrogen-bond acceptors (Lipinski definition) is 5. The third-order valence-corrected chi connectivity index (χ3v) is 7.19. The number of rotatable bonds is 5. The fourth-order valence-electron chi connectivity index (χ4n) is 5.41. The van der Waals surface area contributed by atoms with E-state index < -0.39 is 5.97 Å². The Morgan fingerprint density at radius 3 is 2.39 bits per heavy atom. The van der Waals surface area contributed by atoms with E-state index in [4.69, 9.17) is 10.1 Å². The quantitative estimate of drug-likeness (QED) is 0.665. The number of carboxylic acid groups (broad SMARTS) is 1. The normalized spacial score (nSPS) is 21.5. The predicted octanol–water partition coefficient (Wildman–Crippen LogP) is 4.56. The zero-order chi connectivity index (χ0) is 22.6. The van der Waals surface area contributed by atoms with Crippen LogP contribution in [0.4, 0.5) is 0 Å². The Labute approximate surface area is 195 Å². The number of pyridine rings is 2. The maximum absolute atomic E-state index is 11.2. The largest absolute Gasteiger partial charge is 0.478 e. The monoisotopic (exact) mass is 441 g/mol.